The van der Waals surface area contributed by atoms with Crippen LogP contribution in [0.4, 0.5) is 16.2 Å². The van der Waals surface area contributed by atoms with E-state index in [1.165, 1.54) is 12.1 Å². The van der Waals surface area contributed by atoms with E-state index < -0.39 is 12.0 Å². The predicted molar refractivity (Wildman–Crippen MR) is 80.2 cm³/mol. The summed E-state index contributed by atoms with van der Waals surface area (Å²) in [5.41, 5.74) is 1.17. The number of urea groups is 1. The highest BCUT2D eigenvalue weighted by atomic mass is 79.9. The molecule has 6 heteroatoms. The van der Waals surface area contributed by atoms with Gasteiger partial charge in [-0.25, -0.2) is 9.59 Å². The number of carboxylic acid groups (broad SMARTS) is 1. The van der Waals surface area contributed by atoms with Crippen LogP contribution < -0.4 is 10.6 Å². The van der Waals surface area contributed by atoms with Crippen LogP contribution >= 0.6 is 15.9 Å². The summed E-state index contributed by atoms with van der Waals surface area (Å²) in [6, 6.07) is 12.7. The van der Waals surface area contributed by atoms with E-state index in [9.17, 15) is 9.59 Å². The van der Waals surface area contributed by atoms with E-state index in [1.54, 1.807) is 36.4 Å². The summed E-state index contributed by atoms with van der Waals surface area (Å²) < 4.78 is 0.914. The van der Waals surface area contributed by atoms with E-state index >= 15 is 0 Å². The van der Waals surface area contributed by atoms with Crippen LogP contribution in [0.3, 0.4) is 0 Å². The van der Waals surface area contributed by atoms with Crippen LogP contribution in [0.1, 0.15) is 10.4 Å². The minimum absolute atomic E-state index is 0.117. The van der Waals surface area contributed by atoms with Crippen molar-refractivity contribution >= 4 is 39.3 Å². The molecule has 0 bridgehead atoms. The molecular formula is C14H11BrN2O3. The van der Waals surface area contributed by atoms with Crippen molar-refractivity contribution in [2.45, 2.75) is 0 Å². The van der Waals surface area contributed by atoms with Gasteiger partial charge in [0.15, 0.2) is 0 Å². The predicted octanol–water partition coefficient (Wildman–Crippen LogP) is 3.79. The van der Waals surface area contributed by atoms with Gasteiger partial charge in [0.25, 0.3) is 0 Å². The van der Waals surface area contributed by atoms with Crippen LogP contribution in [0.25, 0.3) is 0 Å². The minimum Gasteiger partial charge on any atom is -0.478 e. The van der Waals surface area contributed by atoms with E-state index in [1.807, 2.05) is 0 Å². The summed E-state index contributed by atoms with van der Waals surface area (Å²) in [6.45, 7) is 0. The van der Waals surface area contributed by atoms with Crippen molar-refractivity contribution < 1.29 is 14.7 Å². The fourth-order valence-electron chi connectivity index (χ4n) is 1.56. The smallest absolute Gasteiger partial charge is 0.335 e. The van der Waals surface area contributed by atoms with Gasteiger partial charge in [0, 0.05) is 15.8 Å². The normalized spacial score (nSPS) is 9.85. The van der Waals surface area contributed by atoms with E-state index in [2.05, 4.69) is 26.6 Å². The second kappa shape index (κ2) is 6.21. The molecular weight excluding hydrogens is 324 g/mol. The molecule has 0 heterocycles. The molecule has 0 aliphatic rings. The zero-order valence-corrected chi connectivity index (χ0v) is 11.8. The summed E-state index contributed by atoms with van der Waals surface area (Å²) in [6.07, 6.45) is 0. The number of rotatable bonds is 3. The third kappa shape index (κ3) is 3.83. The van der Waals surface area contributed by atoms with Crippen LogP contribution in [-0.4, -0.2) is 17.1 Å². The number of benzene rings is 2. The number of carboxylic acids is 1. The van der Waals surface area contributed by atoms with E-state index in [4.69, 9.17) is 5.11 Å². The van der Waals surface area contributed by atoms with E-state index in [0.29, 0.717) is 11.4 Å². The Kier molecular flexibility index (Phi) is 4.37. The molecule has 0 saturated heterocycles. The van der Waals surface area contributed by atoms with Gasteiger partial charge >= 0.3 is 12.0 Å². The first-order valence-corrected chi connectivity index (χ1v) is 6.51. The van der Waals surface area contributed by atoms with E-state index in [-0.39, 0.29) is 5.56 Å². The molecule has 0 fully saturated rings. The minimum atomic E-state index is -1.04. The Morgan fingerprint density at radius 3 is 2.25 bits per heavy atom. The van der Waals surface area contributed by atoms with Gasteiger partial charge in [-0.1, -0.05) is 22.0 Å². The van der Waals surface area contributed by atoms with Crippen LogP contribution in [0, 0.1) is 0 Å². The van der Waals surface area contributed by atoms with Crippen molar-refractivity contribution in [3.8, 4) is 0 Å². The van der Waals surface area contributed by atoms with Crippen molar-refractivity contribution in [1.29, 1.82) is 0 Å². The Balaban J connectivity index is 2.02. The number of nitrogens with one attached hydrogen (secondary N) is 2. The van der Waals surface area contributed by atoms with Crippen LogP contribution in [0.2, 0.25) is 0 Å². The molecule has 0 spiro atoms. The van der Waals surface area contributed by atoms with Crippen LogP contribution in [-0.2, 0) is 0 Å². The maximum absolute atomic E-state index is 11.8. The van der Waals surface area contributed by atoms with Gasteiger partial charge in [0.2, 0.25) is 0 Å². The molecule has 0 radical (unpaired) electrons. The summed E-state index contributed by atoms with van der Waals surface area (Å²) >= 11 is 3.30. The Bertz CT molecular complexity index is 641. The van der Waals surface area contributed by atoms with Crippen molar-refractivity contribution in [3.05, 3.63) is 58.6 Å². The van der Waals surface area contributed by atoms with Gasteiger partial charge in [-0.3, -0.25) is 0 Å². The number of halogens is 1. The summed E-state index contributed by atoms with van der Waals surface area (Å²) in [7, 11) is 0. The maximum Gasteiger partial charge on any atom is 0.335 e. The summed E-state index contributed by atoms with van der Waals surface area (Å²) in [5, 5.41) is 14.1. The van der Waals surface area contributed by atoms with Gasteiger partial charge in [-0.2, -0.15) is 0 Å². The van der Waals surface area contributed by atoms with Gasteiger partial charge < -0.3 is 15.7 Å². The number of aromatic carboxylic acids is 1. The highest BCUT2D eigenvalue weighted by Crippen LogP contribution is 2.15. The zero-order chi connectivity index (χ0) is 14.5. The first-order chi connectivity index (χ1) is 9.54. The molecule has 0 unspecified atom stereocenters. The molecule has 2 rings (SSSR count). The Morgan fingerprint density at radius 1 is 0.950 bits per heavy atom. The highest BCUT2D eigenvalue weighted by Gasteiger charge is 2.06. The maximum atomic E-state index is 11.8. The quantitative estimate of drug-likeness (QED) is 0.798. The molecule has 2 amide bonds. The topological polar surface area (TPSA) is 78.4 Å². The fourth-order valence-corrected chi connectivity index (χ4v) is 1.82. The number of carbonyl (C=O) groups is 2. The monoisotopic (exact) mass is 334 g/mol. The third-order valence-corrected chi connectivity index (χ3v) is 3.00. The fraction of sp³-hybridized carbons (Fsp3) is 0. The van der Waals surface area contributed by atoms with Gasteiger partial charge in [0.05, 0.1) is 5.56 Å². The summed E-state index contributed by atoms with van der Waals surface area (Å²) in [5.74, 6) is -1.04. The lowest BCUT2D eigenvalue weighted by atomic mass is 10.2. The SMILES string of the molecule is O=C(Nc1ccc(Br)cc1)Nc1cccc(C(=O)O)c1. The van der Waals surface area contributed by atoms with Crippen molar-refractivity contribution in [3.63, 3.8) is 0 Å². The number of amides is 2. The van der Waals surface area contributed by atoms with Gasteiger partial charge in [0.1, 0.15) is 0 Å². The molecule has 0 aliphatic carbocycles. The Labute approximate surface area is 123 Å². The largest absolute Gasteiger partial charge is 0.478 e. The molecule has 5 nitrogen and oxygen atoms in total. The van der Waals surface area contributed by atoms with Crippen molar-refractivity contribution in [1.82, 2.24) is 0 Å². The molecule has 3 N–H and O–H groups in total. The first kappa shape index (κ1) is 14.1. The third-order valence-electron chi connectivity index (χ3n) is 2.47. The number of hydrogen-bond acceptors (Lipinski definition) is 2. The second-order valence-electron chi connectivity index (χ2n) is 3.97. The molecule has 102 valence electrons. The lowest BCUT2D eigenvalue weighted by molar-refractivity contribution is 0.0697. The zero-order valence-electron chi connectivity index (χ0n) is 10.3. The first-order valence-electron chi connectivity index (χ1n) is 5.71. The Morgan fingerprint density at radius 2 is 1.60 bits per heavy atom. The van der Waals surface area contributed by atoms with Crippen LogP contribution in [0.5, 0.6) is 0 Å². The molecule has 0 aliphatic heterocycles. The average molecular weight is 335 g/mol. The lowest BCUT2D eigenvalue weighted by Crippen LogP contribution is -2.19. The standard InChI is InChI=1S/C14H11BrN2O3/c15-10-4-6-11(7-5-10)16-14(20)17-12-3-1-2-9(8-12)13(18)19/h1-8H,(H,18,19)(H2,16,17,20). The number of hydrogen-bond donors (Lipinski definition) is 3. The lowest BCUT2D eigenvalue weighted by Gasteiger charge is -2.08. The molecule has 0 atom stereocenters. The van der Waals surface area contributed by atoms with Gasteiger partial charge in [-0.05, 0) is 42.5 Å². The van der Waals surface area contributed by atoms with Gasteiger partial charge in [-0.15, -0.1) is 0 Å². The molecule has 0 aromatic heterocycles. The number of anilines is 2. The van der Waals surface area contributed by atoms with Crippen molar-refractivity contribution in [2.24, 2.45) is 0 Å². The average Bonchev–Trinajstić information content (AvgIpc) is 2.41. The van der Waals surface area contributed by atoms with Crippen molar-refractivity contribution in [2.75, 3.05) is 10.6 Å². The molecule has 0 saturated carbocycles. The van der Waals surface area contributed by atoms with E-state index in [0.717, 1.165) is 4.47 Å². The number of carbonyl (C=O) groups excluding carboxylic acids is 1. The molecule has 2 aromatic rings. The highest BCUT2D eigenvalue weighted by molar-refractivity contribution is 9.10. The second-order valence-corrected chi connectivity index (χ2v) is 4.89. The van der Waals surface area contributed by atoms with Crippen LogP contribution in [0.15, 0.2) is 53.0 Å². The molecule has 20 heavy (non-hydrogen) atoms. The Hall–Kier alpha value is -2.34. The molecule has 2 aromatic carbocycles. The summed E-state index contributed by atoms with van der Waals surface area (Å²) in [4.78, 5) is 22.6.